The van der Waals surface area contributed by atoms with Gasteiger partial charge in [-0.05, 0) is 44.0 Å². The van der Waals surface area contributed by atoms with Crippen LogP contribution in [-0.2, 0) is 4.79 Å². The smallest absolute Gasteiger partial charge is 0.220 e. The molecule has 2 rings (SSSR count). The average molecular weight is 327 g/mol. The van der Waals surface area contributed by atoms with Gasteiger partial charge in [0.2, 0.25) is 5.91 Å². The number of aryl methyl sites for hydroxylation is 2. The van der Waals surface area contributed by atoms with E-state index in [1.54, 1.807) is 0 Å². The van der Waals surface area contributed by atoms with Gasteiger partial charge in [0.05, 0.1) is 13.2 Å². The number of rotatable bonds is 9. The molecule has 0 unspecified atom stereocenters. The number of carbonyl (C=O) groups excluding carboxylic acids is 1. The summed E-state index contributed by atoms with van der Waals surface area (Å²) in [5.41, 5.74) is 2.30. The van der Waals surface area contributed by atoms with Crippen LogP contribution in [0.5, 0.6) is 11.5 Å². The molecule has 0 spiro atoms. The molecule has 0 aromatic heterocycles. The van der Waals surface area contributed by atoms with Crippen molar-refractivity contribution >= 4 is 5.91 Å². The van der Waals surface area contributed by atoms with Crippen molar-refractivity contribution in [1.82, 2.24) is 5.32 Å². The minimum Gasteiger partial charge on any atom is -0.493 e. The van der Waals surface area contributed by atoms with Crippen molar-refractivity contribution in [3.8, 4) is 11.5 Å². The molecule has 0 fully saturated rings. The predicted molar refractivity (Wildman–Crippen MR) is 95.6 cm³/mol. The molecule has 0 aliphatic rings. The lowest BCUT2D eigenvalue weighted by Gasteiger charge is -2.09. The third-order valence-electron chi connectivity index (χ3n) is 3.61. The summed E-state index contributed by atoms with van der Waals surface area (Å²) in [5, 5.41) is 2.85. The van der Waals surface area contributed by atoms with E-state index in [1.165, 1.54) is 5.56 Å². The monoisotopic (exact) mass is 327 g/mol. The van der Waals surface area contributed by atoms with Gasteiger partial charge in [0.25, 0.3) is 0 Å². The molecule has 0 saturated heterocycles. The highest BCUT2D eigenvalue weighted by Crippen LogP contribution is 2.16. The molecular formula is C20H25NO3. The number of benzene rings is 2. The average Bonchev–Trinajstić information content (AvgIpc) is 2.58. The molecule has 0 saturated carbocycles. The Bertz CT molecular complexity index is 638. The SMILES string of the molecule is Cc1ccc(OCCNC(=O)CCCOc2ccccc2C)cc1. The Kier molecular flexibility index (Phi) is 7.15. The lowest BCUT2D eigenvalue weighted by molar-refractivity contribution is -0.121. The van der Waals surface area contributed by atoms with Crippen molar-refractivity contribution in [3.05, 3.63) is 59.7 Å². The molecule has 2 aromatic rings. The van der Waals surface area contributed by atoms with E-state index in [0.717, 1.165) is 17.1 Å². The van der Waals surface area contributed by atoms with Crippen LogP contribution in [0.1, 0.15) is 24.0 Å². The van der Waals surface area contributed by atoms with Crippen molar-refractivity contribution < 1.29 is 14.3 Å². The van der Waals surface area contributed by atoms with Crippen LogP contribution in [0.25, 0.3) is 0 Å². The van der Waals surface area contributed by atoms with Gasteiger partial charge in [-0.3, -0.25) is 4.79 Å². The first-order valence-electron chi connectivity index (χ1n) is 8.30. The molecule has 4 nitrogen and oxygen atoms in total. The van der Waals surface area contributed by atoms with Gasteiger partial charge < -0.3 is 14.8 Å². The Morgan fingerprint density at radius 1 is 0.958 bits per heavy atom. The van der Waals surface area contributed by atoms with Crippen LogP contribution in [0.4, 0.5) is 0 Å². The molecule has 0 bridgehead atoms. The standard InChI is InChI=1S/C20H25NO3/c1-16-9-11-18(12-10-16)23-15-13-21-20(22)8-5-14-24-19-7-4-3-6-17(19)2/h3-4,6-7,9-12H,5,8,13-15H2,1-2H3,(H,21,22). The van der Waals surface area contributed by atoms with Crippen LogP contribution in [0.2, 0.25) is 0 Å². The molecule has 0 heterocycles. The highest BCUT2D eigenvalue weighted by molar-refractivity contribution is 5.75. The zero-order valence-corrected chi connectivity index (χ0v) is 14.4. The number of carbonyl (C=O) groups is 1. The molecule has 0 atom stereocenters. The van der Waals surface area contributed by atoms with Gasteiger partial charge in [0.1, 0.15) is 18.1 Å². The normalized spacial score (nSPS) is 10.2. The fourth-order valence-corrected chi connectivity index (χ4v) is 2.22. The van der Waals surface area contributed by atoms with Crippen molar-refractivity contribution in [2.75, 3.05) is 19.8 Å². The summed E-state index contributed by atoms with van der Waals surface area (Å²) in [5.74, 6) is 1.72. The number of para-hydroxylation sites is 1. The van der Waals surface area contributed by atoms with Crippen molar-refractivity contribution in [1.29, 1.82) is 0 Å². The van der Waals surface area contributed by atoms with Gasteiger partial charge in [-0.1, -0.05) is 35.9 Å². The molecule has 2 aromatic carbocycles. The van der Waals surface area contributed by atoms with Crippen LogP contribution in [-0.4, -0.2) is 25.7 Å². The number of amides is 1. The fourth-order valence-electron chi connectivity index (χ4n) is 2.22. The molecule has 4 heteroatoms. The van der Waals surface area contributed by atoms with Crippen LogP contribution < -0.4 is 14.8 Å². The largest absolute Gasteiger partial charge is 0.493 e. The van der Waals surface area contributed by atoms with Gasteiger partial charge in [0, 0.05) is 6.42 Å². The van der Waals surface area contributed by atoms with E-state index in [9.17, 15) is 4.79 Å². The quantitative estimate of drug-likeness (QED) is 0.715. The van der Waals surface area contributed by atoms with Crippen LogP contribution in [0.3, 0.4) is 0 Å². The lowest BCUT2D eigenvalue weighted by Crippen LogP contribution is -2.28. The lowest BCUT2D eigenvalue weighted by atomic mass is 10.2. The first kappa shape index (κ1) is 17.9. The third kappa shape index (κ3) is 6.32. The van der Waals surface area contributed by atoms with E-state index in [-0.39, 0.29) is 5.91 Å². The Hall–Kier alpha value is -2.49. The van der Waals surface area contributed by atoms with Gasteiger partial charge >= 0.3 is 0 Å². The summed E-state index contributed by atoms with van der Waals surface area (Å²) >= 11 is 0. The number of hydrogen-bond donors (Lipinski definition) is 1. The number of ether oxygens (including phenoxy) is 2. The fraction of sp³-hybridized carbons (Fsp3) is 0.350. The molecule has 1 amide bonds. The first-order valence-corrected chi connectivity index (χ1v) is 8.30. The number of nitrogens with one attached hydrogen (secondary N) is 1. The summed E-state index contributed by atoms with van der Waals surface area (Å²) < 4.78 is 11.2. The van der Waals surface area contributed by atoms with Gasteiger partial charge in [0.15, 0.2) is 0 Å². The molecule has 1 N–H and O–H groups in total. The molecular weight excluding hydrogens is 302 g/mol. The zero-order chi connectivity index (χ0) is 17.2. The first-order chi connectivity index (χ1) is 11.6. The molecule has 0 aliphatic carbocycles. The highest BCUT2D eigenvalue weighted by atomic mass is 16.5. The molecule has 24 heavy (non-hydrogen) atoms. The third-order valence-corrected chi connectivity index (χ3v) is 3.61. The minimum atomic E-state index is 0.0240. The summed E-state index contributed by atoms with van der Waals surface area (Å²) in [7, 11) is 0. The Labute approximate surface area is 143 Å². The predicted octanol–water partition coefficient (Wildman–Crippen LogP) is 3.66. The zero-order valence-electron chi connectivity index (χ0n) is 14.4. The highest BCUT2D eigenvalue weighted by Gasteiger charge is 2.02. The van der Waals surface area contributed by atoms with Crippen LogP contribution in [0.15, 0.2) is 48.5 Å². The molecule has 128 valence electrons. The van der Waals surface area contributed by atoms with Crippen molar-refractivity contribution in [2.45, 2.75) is 26.7 Å². The van der Waals surface area contributed by atoms with E-state index >= 15 is 0 Å². The maximum absolute atomic E-state index is 11.8. The second kappa shape index (κ2) is 9.60. The van der Waals surface area contributed by atoms with Crippen LogP contribution >= 0.6 is 0 Å². The number of hydrogen-bond acceptors (Lipinski definition) is 3. The summed E-state index contributed by atoms with van der Waals surface area (Å²) in [4.78, 5) is 11.8. The second-order valence-corrected chi connectivity index (χ2v) is 5.73. The van der Waals surface area contributed by atoms with E-state index in [2.05, 4.69) is 5.32 Å². The summed E-state index contributed by atoms with van der Waals surface area (Å²) in [6, 6.07) is 15.7. The minimum absolute atomic E-state index is 0.0240. The maximum Gasteiger partial charge on any atom is 0.220 e. The van der Waals surface area contributed by atoms with Gasteiger partial charge in [-0.25, -0.2) is 0 Å². The Morgan fingerprint density at radius 3 is 2.46 bits per heavy atom. The summed E-state index contributed by atoms with van der Waals surface area (Å²) in [6.45, 7) is 5.56. The van der Waals surface area contributed by atoms with Crippen molar-refractivity contribution in [2.24, 2.45) is 0 Å². The van der Waals surface area contributed by atoms with Gasteiger partial charge in [-0.2, -0.15) is 0 Å². The van der Waals surface area contributed by atoms with Crippen molar-refractivity contribution in [3.63, 3.8) is 0 Å². The topological polar surface area (TPSA) is 47.6 Å². The van der Waals surface area contributed by atoms with Crippen LogP contribution in [0, 0.1) is 13.8 Å². The van der Waals surface area contributed by atoms with E-state index in [0.29, 0.717) is 32.6 Å². The van der Waals surface area contributed by atoms with E-state index in [4.69, 9.17) is 9.47 Å². The maximum atomic E-state index is 11.8. The molecule has 0 radical (unpaired) electrons. The Balaban J connectivity index is 1.53. The van der Waals surface area contributed by atoms with E-state index in [1.807, 2.05) is 62.4 Å². The molecule has 0 aliphatic heterocycles. The van der Waals surface area contributed by atoms with E-state index < -0.39 is 0 Å². The Morgan fingerprint density at radius 2 is 1.71 bits per heavy atom. The second-order valence-electron chi connectivity index (χ2n) is 5.73. The van der Waals surface area contributed by atoms with Gasteiger partial charge in [-0.15, -0.1) is 0 Å². The summed E-state index contributed by atoms with van der Waals surface area (Å²) in [6.07, 6.45) is 1.15.